The van der Waals surface area contributed by atoms with Crippen LogP contribution in [0.1, 0.15) is 27.8 Å². The normalized spacial score (nSPS) is 12.0. The second-order valence-electron chi connectivity index (χ2n) is 5.76. The number of rotatable bonds is 6. The molecule has 0 unspecified atom stereocenters. The maximum Gasteiger partial charge on any atom is 0.387 e. The van der Waals surface area contributed by atoms with E-state index in [0.29, 0.717) is 11.4 Å². The first-order valence-electron chi connectivity index (χ1n) is 8.02. The van der Waals surface area contributed by atoms with Crippen molar-refractivity contribution in [1.29, 1.82) is 0 Å². The molecule has 1 N–H and O–H groups in total. The fourth-order valence-corrected chi connectivity index (χ4v) is 2.61. The van der Waals surface area contributed by atoms with Crippen LogP contribution in [0, 0.1) is 5.82 Å². The number of halogens is 3. The second-order valence-corrected chi connectivity index (χ2v) is 5.76. The molecule has 0 aliphatic carbocycles. The predicted molar refractivity (Wildman–Crippen MR) is 92.0 cm³/mol. The first kappa shape index (κ1) is 18.5. The highest BCUT2D eigenvalue weighted by Gasteiger charge is 2.21. The maximum absolute atomic E-state index is 13.3. The van der Waals surface area contributed by atoms with Gasteiger partial charge in [-0.05, 0) is 42.0 Å². The molecule has 0 aliphatic rings. The number of aromatic nitrogens is 2. The Morgan fingerprint density at radius 1 is 1.11 bits per heavy atom. The molecule has 0 radical (unpaired) electrons. The zero-order chi connectivity index (χ0) is 19.4. The Bertz CT molecular complexity index is 909. The van der Waals surface area contributed by atoms with Crippen LogP contribution >= 0.6 is 0 Å². The van der Waals surface area contributed by atoms with Gasteiger partial charge in [0.2, 0.25) is 0 Å². The Morgan fingerprint density at radius 2 is 1.78 bits per heavy atom. The van der Waals surface area contributed by atoms with Gasteiger partial charge in [0.1, 0.15) is 23.4 Å². The van der Waals surface area contributed by atoms with Crippen LogP contribution in [0.5, 0.6) is 5.75 Å². The molecule has 0 saturated heterocycles. The third-order valence-electron chi connectivity index (χ3n) is 3.94. The van der Waals surface area contributed by atoms with Crippen LogP contribution < -0.4 is 10.1 Å². The molecule has 0 fully saturated rings. The number of nitrogens with zero attached hydrogens (tertiary/aromatic N) is 2. The minimum atomic E-state index is -2.93. The average molecular weight is 375 g/mol. The molecule has 1 aromatic heterocycles. The van der Waals surface area contributed by atoms with Crippen LogP contribution in [-0.4, -0.2) is 22.1 Å². The van der Waals surface area contributed by atoms with Crippen LogP contribution in [0.2, 0.25) is 0 Å². The largest absolute Gasteiger partial charge is 0.435 e. The highest BCUT2D eigenvalue weighted by Crippen LogP contribution is 2.22. The van der Waals surface area contributed by atoms with Crippen LogP contribution in [0.25, 0.3) is 0 Å². The zero-order valence-corrected chi connectivity index (χ0v) is 14.3. The predicted octanol–water partition coefficient (Wildman–Crippen LogP) is 3.68. The lowest BCUT2D eigenvalue weighted by Crippen LogP contribution is -2.31. The fourth-order valence-electron chi connectivity index (χ4n) is 2.61. The number of imidazole rings is 1. The van der Waals surface area contributed by atoms with E-state index in [1.165, 1.54) is 36.4 Å². The SMILES string of the molecule is Cn1ccnc1[C@H](NC(=O)c1ccc(OC(F)F)cc1)c1ccc(F)cc1. The van der Waals surface area contributed by atoms with Gasteiger partial charge in [-0.1, -0.05) is 12.1 Å². The number of alkyl halides is 2. The topological polar surface area (TPSA) is 56.2 Å². The third kappa shape index (κ3) is 4.46. The summed E-state index contributed by atoms with van der Waals surface area (Å²) in [4.78, 5) is 16.9. The van der Waals surface area contributed by atoms with Crippen molar-refractivity contribution in [2.24, 2.45) is 7.05 Å². The molecule has 3 rings (SSSR count). The lowest BCUT2D eigenvalue weighted by atomic mass is 10.1. The van der Waals surface area contributed by atoms with Gasteiger partial charge in [-0.3, -0.25) is 4.79 Å². The van der Waals surface area contributed by atoms with E-state index in [4.69, 9.17) is 0 Å². The smallest absolute Gasteiger partial charge is 0.387 e. The van der Waals surface area contributed by atoms with Crippen molar-refractivity contribution in [2.45, 2.75) is 12.7 Å². The maximum atomic E-state index is 13.3. The summed E-state index contributed by atoms with van der Waals surface area (Å²) in [5.41, 5.74) is 0.912. The number of carbonyl (C=O) groups is 1. The minimum absolute atomic E-state index is 0.0410. The Labute approximate surface area is 153 Å². The lowest BCUT2D eigenvalue weighted by molar-refractivity contribution is -0.0498. The van der Waals surface area contributed by atoms with Crippen molar-refractivity contribution >= 4 is 5.91 Å². The number of carbonyl (C=O) groups excluding carboxylic acids is 1. The molecule has 1 atom stereocenters. The van der Waals surface area contributed by atoms with Crippen molar-refractivity contribution in [2.75, 3.05) is 0 Å². The van der Waals surface area contributed by atoms with Gasteiger partial charge in [0.25, 0.3) is 5.91 Å². The quantitative estimate of drug-likeness (QED) is 0.715. The summed E-state index contributed by atoms with van der Waals surface area (Å²) in [5.74, 6) is -0.303. The molecule has 2 aromatic carbocycles. The Balaban J connectivity index is 1.84. The Morgan fingerprint density at radius 3 is 2.33 bits per heavy atom. The van der Waals surface area contributed by atoms with E-state index in [1.54, 1.807) is 36.1 Å². The van der Waals surface area contributed by atoms with E-state index in [9.17, 15) is 18.0 Å². The molecule has 1 amide bonds. The molecule has 8 heteroatoms. The van der Waals surface area contributed by atoms with Crippen molar-refractivity contribution < 1.29 is 22.7 Å². The molecule has 27 heavy (non-hydrogen) atoms. The number of amides is 1. The number of ether oxygens (including phenoxy) is 1. The number of benzene rings is 2. The van der Waals surface area contributed by atoms with Gasteiger partial charge in [-0.25, -0.2) is 9.37 Å². The molecular formula is C19H16F3N3O2. The van der Waals surface area contributed by atoms with Gasteiger partial charge in [0.15, 0.2) is 0 Å². The second kappa shape index (κ2) is 7.94. The van der Waals surface area contributed by atoms with E-state index in [0.717, 1.165) is 0 Å². The highest BCUT2D eigenvalue weighted by atomic mass is 19.3. The van der Waals surface area contributed by atoms with E-state index >= 15 is 0 Å². The van der Waals surface area contributed by atoms with Crippen LogP contribution in [-0.2, 0) is 7.05 Å². The van der Waals surface area contributed by atoms with Crippen LogP contribution in [0.15, 0.2) is 60.9 Å². The van der Waals surface area contributed by atoms with E-state index in [2.05, 4.69) is 15.0 Å². The van der Waals surface area contributed by atoms with Crippen molar-refractivity contribution in [1.82, 2.24) is 14.9 Å². The summed E-state index contributed by atoms with van der Waals surface area (Å²) < 4.78 is 43.7. The van der Waals surface area contributed by atoms with E-state index < -0.39 is 24.4 Å². The van der Waals surface area contributed by atoms with Crippen molar-refractivity contribution in [3.05, 3.63) is 83.7 Å². The van der Waals surface area contributed by atoms with E-state index in [-0.39, 0.29) is 11.3 Å². The number of nitrogens with one attached hydrogen (secondary N) is 1. The van der Waals surface area contributed by atoms with E-state index in [1.807, 2.05) is 0 Å². The fraction of sp³-hybridized carbons (Fsp3) is 0.158. The lowest BCUT2D eigenvalue weighted by Gasteiger charge is -2.19. The molecule has 0 spiro atoms. The van der Waals surface area contributed by atoms with Crippen LogP contribution in [0.4, 0.5) is 13.2 Å². The summed E-state index contributed by atoms with van der Waals surface area (Å²) in [5, 5.41) is 2.84. The summed E-state index contributed by atoms with van der Waals surface area (Å²) >= 11 is 0. The average Bonchev–Trinajstić information content (AvgIpc) is 3.06. The van der Waals surface area contributed by atoms with Gasteiger partial charge in [0.05, 0.1) is 0 Å². The molecule has 0 saturated carbocycles. The molecular weight excluding hydrogens is 359 g/mol. The molecule has 5 nitrogen and oxygen atoms in total. The number of hydrogen-bond acceptors (Lipinski definition) is 3. The molecule has 0 bridgehead atoms. The monoisotopic (exact) mass is 375 g/mol. The number of aryl methyl sites for hydroxylation is 1. The first-order valence-corrected chi connectivity index (χ1v) is 8.02. The Kier molecular flexibility index (Phi) is 5.44. The number of hydrogen-bond donors (Lipinski definition) is 1. The van der Waals surface area contributed by atoms with Crippen molar-refractivity contribution in [3.8, 4) is 5.75 Å². The van der Waals surface area contributed by atoms with Gasteiger partial charge in [-0.2, -0.15) is 8.78 Å². The Hall–Kier alpha value is -3.29. The first-order chi connectivity index (χ1) is 12.9. The van der Waals surface area contributed by atoms with Gasteiger partial charge in [-0.15, -0.1) is 0 Å². The van der Waals surface area contributed by atoms with Crippen LogP contribution in [0.3, 0.4) is 0 Å². The molecule has 3 aromatic rings. The standard InChI is InChI=1S/C19H16F3N3O2/c1-25-11-10-23-17(25)16(12-2-6-14(20)7-3-12)24-18(26)13-4-8-15(9-5-13)27-19(21)22/h2-11,16,19H,1H3,(H,24,26)/t16-/m1/s1. The van der Waals surface area contributed by atoms with Gasteiger partial charge < -0.3 is 14.6 Å². The summed E-state index contributed by atoms with van der Waals surface area (Å²) in [7, 11) is 1.78. The molecule has 140 valence electrons. The summed E-state index contributed by atoms with van der Waals surface area (Å²) in [6.45, 7) is -2.93. The zero-order valence-electron chi connectivity index (χ0n) is 14.3. The van der Waals surface area contributed by atoms with Gasteiger partial charge >= 0.3 is 6.61 Å². The molecule has 1 heterocycles. The van der Waals surface area contributed by atoms with Gasteiger partial charge in [0, 0.05) is 25.0 Å². The summed E-state index contributed by atoms with van der Waals surface area (Å²) in [6, 6.07) is 10.4. The van der Waals surface area contributed by atoms with Crippen molar-refractivity contribution in [3.63, 3.8) is 0 Å². The minimum Gasteiger partial charge on any atom is -0.435 e. The molecule has 0 aliphatic heterocycles. The summed E-state index contributed by atoms with van der Waals surface area (Å²) in [6.07, 6.45) is 3.32. The highest BCUT2D eigenvalue weighted by molar-refractivity contribution is 5.94. The third-order valence-corrected chi connectivity index (χ3v) is 3.94.